The van der Waals surface area contributed by atoms with Crippen LogP contribution >= 0.6 is 0 Å². The number of rotatable bonds is 3. The number of aromatic amines is 1. The van der Waals surface area contributed by atoms with Gasteiger partial charge in [0.15, 0.2) is 0 Å². The molecule has 0 spiro atoms. The lowest BCUT2D eigenvalue weighted by Crippen LogP contribution is -2.23. The fraction of sp³-hybridized carbons (Fsp3) is 0.500. The van der Waals surface area contributed by atoms with Crippen molar-refractivity contribution in [1.82, 2.24) is 15.1 Å². The zero-order valence-electron chi connectivity index (χ0n) is 13.1. The third-order valence-corrected chi connectivity index (χ3v) is 5.38. The molecule has 2 atom stereocenters. The van der Waals surface area contributed by atoms with E-state index in [1.165, 1.54) is 47.5 Å². The first-order valence-electron chi connectivity index (χ1n) is 7.87. The molecule has 2 heterocycles. The van der Waals surface area contributed by atoms with Gasteiger partial charge in [-0.2, -0.15) is 5.10 Å². The summed E-state index contributed by atoms with van der Waals surface area (Å²) in [6.45, 7) is 10.3. The van der Waals surface area contributed by atoms with Crippen LogP contribution in [0.25, 0.3) is 11.3 Å². The molecule has 1 aromatic heterocycles. The molecule has 1 saturated carbocycles. The van der Waals surface area contributed by atoms with Crippen molar-refractivity contribution < 1.29 is 0 Å². The van der Waals surface area contributed by atoms with Crippen molar-refractivity contribution >= 4 is 0 Å². The van der Waals surface area contributed by atoms with Gasteiger partial charge in [0.25, 0.3) is 0 Å². The van der Waals surface area contributed by atoms with E-state index in [-0.39, 0.29) is 0 Å². The first kappa shape index (κ1) is 13.1. The predicted molar refractivity (Wildman–Crippen MR) is 85.0 cm³/mol. The van der Waals surface area contributed by atoms with Crippen LogP contribution in [-0.4, -0.2) is 28.2 Å². The topological polar surface area (TPSA) is 31.9 Å². The lowest BCUT2D eigenvalue weighted by molar-refractivity contribution is 0.279. The minimum Gasteiger partial charge on any atom is -0.298 e. The second-order valence-corrected chi connectivity index (χ2v) is 7.31. The molecule has 21 heavy (non-hydrogen) atoms. The summed E-state index contributed by atoms with van der Waals surface area (Å²) < 4.78 is 0. The number of benzene rings is 1. The first-order valence-corrected chi connectivity index (χ1v) is 7.87. The Hall–Kier alpha value is -1.61. The van der Waals surface area contributed by atoms with E-state index in [4.69, 9.17) is 0 Å². The number of H-pyrrole nitrogens is 1. The van der Waals surface area contributed by atoms with Crippen LogP contribution in [0.5, 0.6) is 0 Å². The second-order valence-electron chi connectivity index (χ2n) is 7.31. The predicted octanol–water partition coefficient (Wildman–Crippen LogP) is 3.54. The van der Waals surface area contributed by atoms with Crippen LogP contribution in [0, 0.1) is 25.2 Å². The Morgan fingerprint density at radius 3 is 3.00 bits per heavy atom. The van der Waals surface area contributed by atoms with Crippen LogP contribution in [0.2, 0.25) is 0 Å². The van der Waals surface area contributed by atoms with Gasteiger partial charge in [-0.05, 0) is 43.2 Å². The smallest absolute Gasteiger partial charge is 0.0698 e. The van der Waals surface area contributed by atoms with E-state index < -0.39 is 0 Å². The molecule has 2 aliphatic rings. The monoisotopic (exact) mass is 281 g/mol. The number of hydrogen-bond donors (Lipinski definition) is 1. The Bertz CT molecular complexity index is 688. The van der Waals surface area contributed by atoms with Crippen molar-refractivity contribution in [2.45, 2.75) is 33.7 Å². The van der Waals surface area contributed by atoms with Crippen molar-refractivity contribution in [1.29, 1.82) is 0 Å². The SMILES string of the molecule is Cc1ccc(C)c(-c2[nH]ncc2CN2CC3CC3(C)C2)c1. The van der Waals surface area contributed by atoms with Crippen molar-refractivity contribution in [3.8, 4) is 11.3 Å². The van der Waals surface area contributed by atoms with Crippen LogP contribution in [0.1, 0.15) is 30.0 Å². The maximum absolute atomic E-state index is 4.31. The molecule has 0 bridgehead atoms. The number of piperidine rings is 1. The lowest BCUT2D eigenvalue weighted by atomic mass is 10.0. The fourth-order valence-corrected chi connectivity index (χ4v) is 3.90. The number of hydrogen-bond acceptors (Lipinski definition) is 2. The number of nitrogens with zero attached hydrogens (tertiary/aromatic N) is 2. The molecule has 2 unspecified atom stereocenters. The molecule has 2 fully saturated rings. The molecule has 4 rings (SSSR count). The van der Waals surface area contributed by atoms with Crippen LogP contribution in [-0.2, 0) is 6.54 Å². The third-order valence-electron chi connectivity index (χ3n) is 5.38. The summed E-state index contributed by atoms with van der Waals surface area (Å²) >= 11 is 0. The van der Waals surface area contributed by atoms with Gasteiger partial charge in [-0.15, -0.1) is 0 Å². The molecule has 3 nitrogen and oxygen atoms in total. The van der Waals surface area contributed by atoms with Crippen LogP contribution in [0.4, 0.5) is 0 Å². The van der Waals surface area contributed by atoms with Gasteiger partial charge in [-0.1, -0.05) is 24.6 Å². The van der Waals surface area contributed by atoms with E-state index in [9.17, 15) is 0 Å². The van der Waals surface area contributed by atoms with Crippen LogP contribution in [0.3, 0.4) is 0 Å². The summed E-state index contributed by atoms with van der Waals surface area (Å²) in [5.74, 6) is 0.938. The summed E-state index contributed by atoms with van der Waals surface area (Å²) in [5, 5.41) is 7.53. The fourth-order valence-electron chi connectivity index (χ4n) is 3.90. The summed E-state index contributed by atoms with van der Waals surface area (Å²) in [6.07, 6.45) is 3.43. The highest BCUT2D eigenvalue weighted by Gasteiger charge is 2.55. The summed E-state index contributed by atoms with van der Waals surface area (Å²) in [6, 6.07) is 6.63. The molecular formula is C18H23N3. The number of nitrogens with one attached hydrogen (secondary N) is 1. The standard InChI is InChI=1S/C18H23N3/c1-12-4-5-13(2)16(6-12)17-14(8-19-20-17)9-21-10-15-7-18(15,3)11-21/h4-6,8,15H,7,9-11H2,1-3H3,(H,19,20). The Morgan fingerprint density at radius 2 is 2.24 bits per heavy atom. The molecule has 1 N–H and O–H groups in total. The van der Waals surface area contributed by atoms with Gasteiger partial charge in [0.2, 0.25) is 0 Å². The Labute approximate surface area is 126 Å². The van der Waals surface area contributed by atoms with Crippen molar-refractivity contribution in [2.75, 3.05) is 13.1 Å². The number of aromatic nitrogens is 2. The minimum atomic E-state index is 0.614. The minimum absolute atomic E-state index is 0.614. The van der Waals surface area contributed by atoms with Crippen molar-refractivity contribution in [2.24, 2.45) is 11.3 Å². The second kappa shape index (κ2) is 4.44. The average molecular weight is 281 g/mol. The van der Waals surface area contributed by atoms with Crippen LogP contribution < -0.4 is 0 Å². The Kier molecular flexibility index (Phi) is 2.77. The molecule has 1 aliphatic carbocycles. The molecule has 2 aromatic rings. The van der Waals surface area contributed by atoms with E-state index in [1.54, 1.807) is 0 Å². The molecule has 3 heteroatoms. The van der Waals surface area contributed by atoms with Crippen molar-refractivity contribution in [3.05, 3.63) is 41.1 Å². The summed E-state index contributed by atoms with van der Waals surface area (Å²) in [7, 11) is 0. The number of likely N-dealkylation sites (tertiary alicyclic amines) is 1. The number of aryl methyl sites for hydroxylation is 2. The van der Waals surface area contributed by atoms with E-state index >= 15 is 0 Å². The third kappa shape index (κ3) is 2.20. The molecule has 1 aliphatic heterocycles. The first-order chi connectivity index (χ1) is 10.0. The van der Waals surface area contributed by atoms with Gasteiger partial charge in [0, 0.05) is 30.8 Å². The molecule has 0 amide bonds. The van der Waals surface area contributed by atoms with Gasteiger partial charge < -0.3 is 0 Å². The van der Waals surface area contributed by atoms with Gasteiger partial charge in [-0.25, -0.2) is 0 Å². The molecule has 1 saturated heterocycles. The molecule has 0 radical (unpaired) electrons. The average Bonchev–Trinajstić information content (AvgIpc) is 2.79. The summed E-state index contributed by atoms with van der Waals surface area (Å²) in [5.41, 5.74) is 7.03. The Morgan fingerprint density at radius 1 is 1.38 bits per heavy atom. The molecular weight excluding hydrogens is 258 g/mol. The van der Waals surface area contributed by atoms with Gasteiger partial charge in [0.1, 0.15) is 0 Å². The zero-order chi connectivity index (χ0) is 14.6. The largest absolute Gasteiger partial charge is 0.298 e. The molecule has 110 valence electrons. The van der Waals surface area contributed by atoms with E-state index in [1.807, 2.05) is 6.20 Å². The van der Waals surface area contributed by atoms with Gasteiger partial charge >= 0.3 is 0 Å². The normalized spacial score (nSPS) is 27.9. The van der Waals surface area contributed by atoms with E-state index in [0.29, 0.717) is 5.41 Å². The lowest BCUT2D eigenvalue weighted by Gasteiger charge is -2.19. The highest BCUT2D eigenvalue weighted by atomic mass is 15.2. The molecule has 1 aromatic carbocycles. The van der Waals surface area contributed by atoms with E-state index in [0.717, 1.165) is 12.5 Å². The Balaban J connectivity index is 1.60. The highest BCUT2D eigenvalue weighted by Crippen LogP contribution is 2.57. The maximum Gasteiger partial charge on any atom is 0.0698 e. The van der Waals surface area contributed by atoms with Crippen LogP contribution in [0.15, 0.2) is 24.4 Å². The van der Waals surface area contributed by atoms with E-state index in [2.05, 4.69) is 54.1 Å². The summed E-state index contributed by atoms with van der Waals surface area (Å²) in [4.78, 5) is 2.59. The number of fused-ring (bicyclic) bond motifs is 1. The highest BCUT2D eigenvalue weighted by molar-refractivity contribution is 5.67. The van der Waals surface area contributed by atoms with Gasteiger partial charge in [0.05, 0.1) is 11.9 Å². The van der Waals surface area contributed by atoms with Gasteiger partial charge in [-0.3, -0.25) is 10.00 Å². The zero-order valence-corrected chi connectivity index (χ0v) is 13.1. The van der Waals surface area contributed by atoms with Crippen molar-refractivity contribution in [3.63, 3.8) is 0 Å². The maximum atomic E-state index is 4.31. The quantitative estimate of drug-likeness (QED) is 0.933.